The van der Waals surface area contributed by atoms with Gasteiger partial charge in [-0.15, -0.1) is 0 Å². The zero-order chi connectivity index (χ0) is 14.2. The standard InChI is InChI=1S/C13H16N2O4/c1-7(2)19-13(17)11-8(14)4-5-9-12(11)15(3)10(16)6-18-9/h4-5,7H,6,14H2,1-3H3. The first kappa shape index (κ1) is 13.2. The van der Waals surface area contributed by atoms with Crippen LogP contribution in [0.3, 0.4) is 0 Å². The highest BCUT2D eigenvalue weighted by Crippen LogP contribution is 2.38. The number of rotatable bonds is 2. The lowest BCUT2D eigenvalue weighted by atomic mass is 10.1. The van der Waals surface area contributed by atoms with E-state index in [1.807, 2.05) is 0 Å². The highest BCUT2D eigenvalue weighted by atomic mass is 16.5. The Bertz CT molecular complexity index is 540. The highest BCUT2D eigenvalue weighted by molar-refractivity contribution is 6.09. The van der Waals surface area contributed by atoms with Crippen molar-refractivity contribution in [3.8, 4) is 5.75 Å². The van der Waals surface area contributed by atoms with Gasteiger partial charge in [-0.2, -0.15) is 0 Å². The van der Waals surface area contributed by atoms with Crippen molar-refractivity contribution < 1.29 is 19.1 Å². The molecule has 0 aliphatic carbocycles. The molecule has 19 heavy (non-hydrogen) atoms. The van der Waals surface area contributed by atoms with E-state index < -0.39 is 5.97 Å². The van der Waals surface area contributed by atoms with E-state index in [4.69, 9.17) is 15.2 Å². The second-order valence-electron chi connectivity index (χ2n) is 4.57. The first-order valence-electron chi connectivity index (χ1n) is 5.94. The smallest absolute Gasteiger partial charge is 0.342 e. The Morgan fingerprint density at radius 2 is 2.16 bits per heavy atom. The van der Waals surface area contributed by atoms with E-state index in [1.54, 1.807) is 33.0 Å². The molecule has 1 heterocycles. The first-order chi connectivity index (χ1) is 8.91. The number of nitrogens with two attached hydrogens (primary N) is 1. The third-order valence-corrected chi connectivity index (χ3v) is 2.78. The fourth-order valence-corrected chi connectivity index (χ4v) is 1.89. The zero-order valence-electron chi connectivity index (χ0n) is 11.1. The summed E-state index contributed by atoms with van der Waals surface area (Å²) in [5.74, 6) is -0.349. The van der Waals surface area contributed by atoms with Crippen LogP contribution in [-0.4, -0.2) is 31.6 Å². The van der Waals surface area contributed by atoms with Crippen LogP contribution in [-0.2, 0) is 9.53 Å². The lowest BCUT2D eigenvalue weighted by Gasteiger charge is -2.28. The molecule has 0 fully saturated rings. The number of fused-ring (bicyclic) bond motifs is 1. The lowest BCUT2D eigenvalue weighted by Crippen LogP contribution is -2.37. The number of nitrogen functional groups attached to an aromatic ring is 1. The normalized spacial score (nSPS) is 14.1. The predicted octanol–water partition coefficient (Wildman–Crippen LogP) is 1.19. The summed E-state index contributed by atoms with van der Waals surface area (Å²) in [5.41, 5.74) is 6.62. The molecule has 1 aromatic rings. The fourth-order valence-electron chi connectivity index (χ4n) is 1.89. The van der Waals surface area contributed by atoms with Crippen LogP contribution in [0.1, 0.15) is 24.2 Å². The number of anilines is 2. The molecular formula is C13H16N2O4. The van der Waals surface area contributed by atoms with E-state index >= 15 is 0 Å². The van der Waals surface area contributed by atoms with E-state index in [-0.39, 0.29) is 29.9 Å². The highest BCUT2D eigenvalue weighted by Gasteiger charge is 2.30. The van der Waals surface area contributed by atoms with Gasteiger partial charge < -0.3 is 20.1 Å². The Morgan fingerprint density at radius 3 is 2.79 bits per heavy atom. The van der Waals surface area contributed by atoms with Crippen molar-refractivity contribution in [1.82, 2.24) is 0 Å². The van der Waals surface area contributed by atoms with Crippen molar-refractivity contribution >= 4 is 23.3 Å². The number of likely N-dealkylation sites (N-methyl/N-ethyl adjacent to an activating group) is 1. The van der Waals surface area contributed by atoms with Crippen LogP contribution < -0.4 is 15.4 Å². The van der Waals surface area contributed by atoms with Gasteiger partial charge in [-0.25, -0.2) is 4.79 Å². The predicted molar refractivity (Wildman–Crippen MR) is 70.3 cm³/mol. The van der Waals surface area contributed by atoms with E-state index in [1.165, 1.54) is 4.90 Å². The molecule has 0 atom stereocenters. The molecule has 0 unspecified atom stereocenters. The van der Waals surface area contributed by atoms with Gasteiger partial charge in [0.2, 0.25) is 0 Å². The molecule has 2 rings (SSSR count). The van der Waals surface area contributed by atoms with Crippen molar-refractivity contribution in [2.45, 2.75) is 20.0 Å². The molecule has 6 heteroatoms. The number of hydrogen-bond acceptors (Lipinski definition) is 5. The van der Waals surface area contributed by atoms with Crippen LogP contribution in [0.15, 0.2) is 12.1 Å². The van der Waals surface area contributed by atoms with Gasteiger partial charge in [0.05, 0.1) is 6.10 Å². The minimum atomic E-state index is -0.561. The molecule has 2 N–H and O–H groups in total. The number of amides is 1. The summed E-state index contributed by atoms with van der Waals surface area (Å²) in [4.78, 5) is 25.1. The van der Waals surface area contributed by atoms with Gasteiger partial charge in [0.15, 0.2) is 6.61 Å². The average Bonchev–Trinajstić information content (AvgIpc) is 2.33. The van der Waals surface area contributed by atoms with Crippen LogP contribution >= 0.6 is 0 Å². The second kappa shape index (κ2) is 4.79. The largest absolute Gasteiger partial charge is 0.482 e. The molecule has 1 aliphatic heterocycles. The number of nitrogens with zero attached hydrogens (tertiary/aromatic N) is 1. The minimum Gasteiger partial charge on any atom is -0.482 e. The molecule has 102 valence electrons. The van der Waals surface area contributed by atoms with Crippen LogP contribution in [0.5, 0.6) is 5.75 Å². The molecule has 0 saturated heterocycles. The summed E-state index contributed by atoms with van der Waals surface area (Å²) in [6.45, 7) is 3.44. The number of benzene rings is 1. The van der Waals surface area contributed by atoms with Crippen LogP contribution in [0, 0.1) is 0 Å². The van der Waals surface area contributed by atoms with E-state index in [0.717, 1.165) is 0 Å². The molecule has 1 amide bonds. The maximum Gasteiger partial charge on any atom is 0.342 e. The Morgan fingerprint density at radius 1 is 1.47 bits per heavy atom. The fraction of sp³-hybridized carbons (Fsp3) is 0.385. The lowest BCUT2D eigenvalue weighted by molar-refractivity contribution is -0.120. The van der Waals surface area contributed by atoms with Gasteiger partial charge in [0.1, 0.15) is 17.0 Å². The van der Waals surface area contributed by atoms with Crippen molar-refractivity contribution in [3.05, 3.63) is 17.7 Å². The van der Waals surface area contributed by atoms with Gasteiger partial charge >= 0.3 is 5.97 Å². The molecule has 0 bridgehead atoms. The Kier molecular flexibility index (Phi) is 3.33. The Balaban J connectivity index is 2.54. The number of hydrogen-bond donors (Lipinski definition) is 1. The third kappa shape index (κ3) is 2.33. The van der Waals surface area contributed by atoms with E-state index in [2.05, 4.69) is 0 Å². The second-order valence-corrected chi connectivity index (χ2v) is 4.57. The molecule has 0 spiro atoms. The van der Waals surface area contributed by atoms with Gasteiger partial charge in [0, 0.05) is 12.7 Å². The van der Waals surface area contributed by atoms with Gasteiger partial charge in [-0.3, -0.25) is 4.79 Å². The first-order valence-corrected chi connectivity index (χ1v) is 5.94. The number of esters is 1. The summed E-state index contributed by atoms with van der Waals surface area (Å²) in [7, 11) is 1.58. The zero-order valence-corrected chi connectivity index (χ0v) is 11.1. The third-order valence-electron chi connectivity index (χ3n) is 2.78. The van der Waals surface area contributed by atoms with Gasteiger partial charge in [-0.1, -0.05) is 0 Å². The molecule has 6 nitrogen and oxygen atoms in total. The molecule has 1 aliphatic rings. The Labute approximate surface area is 111 Å². The van der Waals surface area contributed by atoms with Crippen LogP contribution in [0.25, 0.3) is 0 Å². The molecule has 0 saturated carbocycles. The summed E-state index contributed by atoms with van der Waals surface area (Å²) < 4.78 is 10.5. The van der Waals surface area contributed by atoms with Crippen molar-refractivity contribution in [1.29, 1.82) is 0 Å². The van der Waals surface area contributed by atoms with Crippen molar-refractivity contribution in [2.75, 3.05) is 24.3 Å². The number of carbonyl (C=O) groups is 2. The van der Waals surface area contributed by atoms with Gasteiger partial charge in [0.25, 0.3) is 5.91 Å². The monoisotopic (exact) mass is 264 g/mol. The van der Waals surface area contributed by atoms with E-state index in [0.29, 0.717) is 11.4 Å². The molecule has 0 aromatic heterocycles. The summed E-state index contributed by atoms with van der Waals surface area (Å²) in [6, 6.07) is 3.21. The van der Waals surface area contributed by atoms with Crippen LogP contribution in [0.2, 0.25) is 0 Å². The summed E-state index contributed by atoms with van der Waals surface area (Å²) in [6.07, 6.45) is -0.270. The average molecular weight is 264 g/mol. The van der Waals surface area contributed by atoms with Crippen LogP contribution in [0.4, 0.5) is 11.4 Å². The topological polar surface area (TPSA) is 81.9 Å². The molecule has 1 aromatic carbocycles. The number of carbonyl (C=O) groups excluding carboxylic acids is 2. The quantitative estimate of drug-likeness (QED) is 0.641. The van der Waals surface area contributed by atoms with Crippen molar-refractivity contribution in [2.24, 2.45) is 0 Å². The molecule has 0 radical (unpaired) electrons. The SMILES string of the molecule is CC(C)OC(=O)c1c(N)ccc2c1N(C)C(=O)CO2. The number of ether oxygens (including phenoxy) is 2. The Hall–Kier alpha value is -2.24. The minimum absolute atomic E-state index is 0.0495. The maximum absolute atomic E-state index is 12.1. The maximum atomic E-state index is 12.1. The molecular weight excluding hydrogens is 248 g/mol. The summed E-state index contributed by atoms with van der Waals surface area (Å²) >= 11 is 0. The van der Waals surface area contributed by atoms with Crippen molar-refractivity contribution in [3.63, 3.8) is 0 Å². The van der Waals surface area contributed by atoms with Gasteiger partial charge in [-0.05, 0) is 26.0 Å². The van der Waals surface area contributed by atoms with E-state index in [9.17, 15) is 9.59 Å². The summed E-state index contributed by atoms with van der Waals surface area (Å²) in [5, 5.41) is 0.